The molecule has 0 spiro atoms. The lowest BCUT2D eigenvalue weighted by Gasteiger charge is -2.20. The van der Waals surface area contributed by atoms with Crippen LogP contribution in [-0.2, 0) is 24.3 Å². The topological polar surface area (TPSA) is 103 Å². The second kappa shape index (κ2) is 14.8. The highest BCUT2D eigenvalue weighted by atomic mass is 35.5. The molecule has 0 atom stereocenters. The van der Waals surface area contributed by atoms with Crippen molar-refractivity contribution in [3.63, 3.8) is 0 Å². The number of aryl methyl sites for hydroxylation is 2. The molecule has 41 heavy (non-hydrogen) atoms. The Morgan fingerprint density at radius 2 is 1.39 bits per heavy atom. The molecule has 0 bridgehead atoms. The Bertz CT molecular complexity index is 1480. The van der Waals surface area contributed by atoms with Crippen LogP contribution in [0.2, 0.25) is 0 Å². The van der Waals surface area contributed by atoms with Crippen LogP contribution < -0.4 is 5.73 Å². The minimum atomic E-state index is -0.956. The van der Waals surface area contributed by atoms with Crippen LogP contribution in [0.1, 0.15) is 62.6 Å². The lowest BCUT2D eigenvalue weighted by Crippen LogP contribution is -2.17. The molecule has 1 heterocycles. The number of aromatic nitrogens is 1. The lowest BCUT2D eigenvalue weighted by molar-refractivity contribution is 0.0471. The van der Waals surface area contributed by atoms with Crippen LogP contribution in [0.3, 0.4) is 0 Å². The van der Waals surface area contributed by atoms with Crippen molar-refractivity contribution < 1.29 is 19.4 Å². The van der Waals surface area contributed by atoms with Gasteiger partial charge in [0, 0.05) is 17.8 Å². The normalized spacial score (nSPS) is 10.5. The van der Waals surface area contributed by atoms with E-state index in [-0.39, 0.29) is 43.5 Å². The molecule has 1 aromatic heterocycles. The predicted octanol–water partition coefficient (Wildman–Crippen LogP) is 7.59. The SMILES string of the molecule is Cc1ccc(-c2c(CN)c(CC(C)C)nc(C)c2C(=O)OCc2ccc(-c3ccc(C(=O)O)cc3)cc2)cc1.Cl.Cl. The number of carbonyl (C=O) groups excluding carboxylic acids is 1. The Balaban J connectivity index is 0.00000294. The first-order chi connectivity index (χ1) is 18.7. The molecule has 0 aliphatic carbocycles. The molecule has 3 aromatic carbocycles. The summed E-state index contributed by atoms with van der Waals surface area (Å²) in [5, 5.41) is 9.10. The zero-order valence-corrected chi connectivity index (χ0v) is 25.3. The molecule has 8 heteroatoms. The third-order valence-electron chi connectivity index (χ3n) is 6.70. The summed E-state index contributed by atoms with van der Waals surface area (Å²) in [6, 6.07) is 22.5. The standard InChI is InChI=1S/C33H34N2O4.2ClH/c1-20(2)17-29-28(18-34)31(26-9-5-21(3)6-10-26)30(22(4)35-29)33(38)39-19-23-7-11-24(12-8-23)25-13-15-27(16-14-25)32(36)37;;/h5-16,20H,17-19,34H2,1-4H3,(H,36,37);2*1H. The maximum Gasteiger partial charge on any atom is 0.340 e. The number of aromatic carboxylic acids is 1. The van der Waals surface area contributed by atoms with E-state index in [0.29, 0.717) is 17.2 Å². The summed E-state index contributed by atoms with van der Waals surface area (Å²) in [7, 11) is 0. The summed E-state index contributed by atoms with van der Waals surface area (Å²) >= 11 is 0. The highest BCUT2D eigenvalue weighted by molar-refractivity contribution is 5.99. The number of esters is 1. The van der Waals surface area contributed by atoms with Crippen LogP contribution in [0.4, 0.5) is 0 Å². The Morgan fingerprint density at radius 3 is 1.90 bits per heavy atom. The minimum Gasteiger partial charge on any atom is -0.478 e. The fourth-order valence-corrected chi connectivity index (χ4v) is 4.69. The number of nitrogens with zero attached hydrogens (tertiary/aromatic N) is 1. The second-order valence-electron chi connectivity index (χ2n) is 10.2. The Hall–Kier alpha value is -3.71. The number of nitrogens with two attached hydrogens (primary N) is 1. The van der Waals surface area contributed by atoms with E-state index >= 15 is 0 Å². The van der Waals surface area contributed by atoms with Gasteiger partial charge < -0.3 is 15.6 Å². The average Bonchev–Trinajstić information content (AvgIpc) is 2.92. The number of carboxylic acids is 1. The summed E-state index contributed by atoms with van der Waals surface area (Å²) in [6.45, 7) is 8.54. The van der Waals surface area contributed by atoms with Gasteiger partial charge in [0.25, 0.3) is 0 Å². The van der Waals surface area contributed by atoms with E-state index in [1.54, 1.807) is 24.3 Å². The number of hydrogen-bond donors (Lipinski definition) is 2. The van der Waals surface area contributed by atoms with Crippen LogP contribution in [0.15, 0.2) is 72.8 Å². The summed E-state index contributed by atoms with van der Waals surface area (Å²) in [5.74, 6) is -0.999. The summed E-state index contributed by atoms with van der Waals surface area (Å²) in [5.41, 5.74) is 14.9. The van der Waals surface area contributed by atoms with Crippen LogP contribution in [0.25, 0.3) is 22.3 Å². The van der Waals surface area contributed by atoms with Crippen molar-refractivity contribution in [2.45, 2.75) is 47.3 Å². The fraction of sp³-hybridized carbons (Fsp3) is 0.242. The number of carboxylic acid groups (broad SMARTS) is 1. The van der Waals surface area contributed by atoms with Gasteiger partial charge in [-0.3, -0.25) is 4.98 Å². The molecule has 0 aliphatic rings. The smallest absolute Gasteiger partial charge is 0.340 e. The van der Waals surface area contributed by atoms with Gasteiger partial charge in [0.05, 0.1) is 16.8 Å². The number of rotatable bonds is 9. The Labute approximate surface area is 253 Å². The van der Waals surface area contributed by atoms with Crippen LogP contribution in [0.5, 0.6) is 0 Å². The zero-order chi connectivity index (χ0) is 28.1. The van der Waals surface area contributed by atoms with E-state index in [1.807, 2.05) is 62.4 Å². The van der Waals surface area contributed by atoms with Gasteiger partial charge in [-0.25, -0.2) is 9.59 Å². The maximum absolute atomic E-state index is 13.5. The monoisotopic (exact) mass is 594 g/mol. The second-order valence-corrected chi connectivity index (χ2v) is 10.2. The molecule has 0 unspecified atom stereocenters. The molecule has 0 saturated carbocycles. The Kier molecular flexibility index (Phi) is 12.1. The molecule has 0 aliphatic heterocycles. The van der Waals surface area contributed by atoms with E-state index < -0.39 is 11.9 Å². The van der Waals surface area contributed by atoms with Gasteiger partial charge in [-0.2, -0.15) is 0 Å². The van der Waals surface area contributed by atoms with E-state index in [2.05, 4.69) is 13.8 Å². The van der Waals surface area contributed by atoms with Crippen molar-refractivity contribution in [1.29, 1.82) is 0 Å². The molecule has 4 rings (SSSR count). The number of benzene rings is 3. The maximum atomic E-state index is 13.5. The molecule has 4 aromatic rings. The molecule has 0 radical (unpaired) electrons. The van der Waals surface area contributed by atoms with Crippen molar-refractivity contribution in [3.8, 4) is 22.3 Å². The van der Waals surface area contributed by atoms with Crippen LogP contribution in [-0.4, -0.2) is 22.0 Å². The Morgan fingerprint density at radius 1 is 0.854 bits per heavy atom. The molecule has 6 nitrogen and oxygen atoms in total. The predicted molar refractivity (Wildman–Crippen MR) is 168 cm³/mol. The largest absolute Gasteiger partial charge is 0.478 e. The fourth-order valence-electron chi connectivity index (χ4n) is 4.69. The highest BCUT2D eigenvalue weighted by Gasteiger charge is 2.24. The van der Waals surface area contributed by atoms with Crippen molar-refractivity contribution in [2.24, 2.45) is 11.7 Å². The molecule has 3 N–H and O–H groups in total. The van der Waals surface area contributed by atoms with E-state index in [4.69, 9.17) is 20.6 Å². The summed E-state index contributed by atoms with van der Waals surface area (Å²) in [6.07, 6.45) is 0.771. The first kappa shape index (κ1) is 33.5. The van der Waals surface area contributed by atoms with Gasteiger partial charge >= 0.3 is 11.9 Å². The van der Waals surface area contributed by atoms with Gasteiger partial charge in [0.2, 0.25) is 0 Å². The molecule has 216 valence electrons. The minimum absolute atomic E-state index is 0. The van der Waals surface area contributed by atoms with Gasteiger partial charge in [-0.15, -0.1) is 24.8 Å². The van der Waals surface area contributed by atoms with Crippen LogP contribution >= 0.6 is 24.8 Å². The number of ether oxygens (including phenoxy) is 1. The van der Waals surface area contributed by atoms with E-state index in [0.717, 1.165) is 51.1 Å². The average molecular weight is 596 g/mol. The van der Waals surface area contributed by atoms with Crippen LogP contribution in [0, 0.1) is 19.8 Å². The van der Waals surface area contributed by atoms with Gasteiger partial charge in [0.15, 0.2) is 0 Å². The summed E-state index contributed by atoms with van der Waals surface area (Å²) in [4.78, 5) is 29.4. The first-order valence-electron chi connectivity index (χ1n) is 13.1. The molecule has 0 saturated heterocycles. The van der Waals surface area contributed by atoms with Crippen molar-refractivity contribution in [1.82, 2.24) is 4.98 Å². The third kappa shape index (κ3) is 7.94. The number of pyridine rings is 1. The van der Waals surface area contributed by atoms with Crippen molar-refractivity contribution in [2.75, 3.05) is 0 Å². The molecular formula is C33H36Cl2N2O4. The van der Waals surface area contributed by atoms with E-state index in [1.165, 1.54) is 0 Å². The summed E-state index contributed by atoms with van der Waals surface area (Å²) < 4.78 is 5.80. The first-order valence-corrected chi connectivity index (χ1v) is 13.1. The molecule has 0 fully saturated rings. The number of hydrogen-bond acceptors (Lipinski definition) is 5. The van der Waals surface area contributed by atoms with Gasteiger partial charge in [0.1, 0.15) is 6.61 Å². The number of carbonyl (C=O) groups is 2. The third-order valence-corrected chi connectivity index (χ3v) is 6.70. The van der Waals surface area contributed by atoms with Gasteiger partial charge in [-0.05, 0) is 66.1 Å². The highest BCUT2D eigenvalue weighted by Crippen LogP contribution is 2.33. The van der Waals surface area contributed by atoms with Crippen molar-refractivity contribution >= 4 is 36.8 Å². The zero-order valence-electron chi connectivity index (χ0n) is 23.6. The molecular weight excluding hydrogens is 559 g/mol. The van der Waals surface area contributed by atoms with Crippen molar-refractivity contribution in [3.05, 3.63) is 112 Å². The van der Waals surface area contributed by atoms with Gasteiger partial charge in [-0.1, -0.05) is 80.1 Å². The number of halogens is 2. The molecule has 0 amide bonds. The van der Waals surface area contributed by atoms with E-state index in [9.17, 15) is 9.59 Å². The lowest BCUT2D eigenvalue weighted by atomic mass is 9.90. The quantitative estimate of drug-likeness (QED) is 0.193.